The Hall–Kier alpha value is -2.11. The molecule has 0 saturated carbocycles. The van der Waals surface area contributed by atoms with E-state index in [-0.39, 0.29) is 31.1 Å². The van der Waals surface area contributed by atoms with E-state index in [9.17, 15) is 14.4 Å². The maximum Gasteiger partial charge on any atom is 0.306 e. The summed E-state index contributed by atoms with van der Waals surface area (Å²) >= 11 is 0. The van der Waals surface area contributed by atoms with Gasteiger partial charge >= 0.3 is 17.9 Å². The molecule has 0 aromatic heterocycles. The van der Waals surface area contributed by atoms with Crippen LogP contribution >= 0.6 is 0 Å². The second kappa shape index (κ2) is 60.4. The summed E-state index contributed by atoms with van der Waals surface area (Å²) in [5.41, 5.74) is 0. The van der Waals surface area contributed by atoms with Crippen molar-refractivity contribution in [3.63, 3.8) is 0 Å². The molecule has 0 radical (unpaired) electrons. The third-order valence-electron chi connectivity index (χ3n) is 14.4. The minimum atomic E-state index is -0.772. The summed E-state index contributed by atoms with van der Waals surface area (Å²) in [6.07, 6.45) is 71.8. The van der Waals surface area contributed by atoms with Crippen LogP contribution in [0.4, 0.5) is 0 Å². The molecule has 0 heterocycles. The molecule has 0 N–H and O–H groups in total. The number of hydrogen-bond acceptors (Lipinski definition) is 6. The lowest BCUT2D eigenvalue weighted by Gasteiger charge is -2.18. The third-order valence-corrected chi connectivity index (χ3v) is 14.4. The van der Waals surface area contributed by atoms with E-state index in [0.717, 1.165) is 57.8 Å². The SMILES string of the molecule is CCCCCCCC/C=C\CCCCCCCCCC(=O)OC[C@H](COC(=O)CCCCCCCCCCCCCCCCCCCCC)OC(=O)CCCCCCCCC/C=C\CCCCCCCC. The van der Waals surface area contributed by atoms with E-state index in [1.54, 1.807) is 0 Å². The molecule has 0 bridgehead atoms. The average molecular weight is 1000 g/mol. The van der Waals surface area contributed by atoms with Gasteiger partial charge in [0.1, 0.15) is 13.2 Å². The number of allylic oxidation sites excluding steroid dienone is 4. The lowest BCUT2D eigenvalue weighted by molar-refractivity contribution is -0.167. The van der Waals surface area contributed by atoms with Crippen LogP contribution in [-0.4, -0.2) is 37.2 Å². The smallest absolute Gasteiger partial charge is 0.306 e. The van der Waals surface area contributed by atoms with E-state index in [1.165, 1.54) is 257 Å². The second-order valence-corrected chi connectivity index (χ2v) is 21.7. The number of rotatable bonds is 59. The maximum atomic E-state index is 12.9. The molecule has 0 fully saturated rings. The molecular weight excluding hydrogens is 877 g/mol. The van der Waals surface area contributed by atoms with Gasteiger partial charge in [0.2, 0.25) is 0 Å². The number of hydrogen-bond donors (Lipinski definition) is 0. The Morgan fingerprint density at radius 3 is 0.704 bits per heavy atom. The molecule has 0 aromatic rings. The van der Waals surface area contributed by atoms with Gasteiger partial charge in [0.05, 0.1) is 0 Å². The number of carbonyl (C=O) groups excluding carboxylic acids is 3. The van der Waals surface area contributed by atoms with Crippen molar-refractivity contribution in [3.8, 4) is 0 Å². The molecule has 0 aliphatic heterocycles. The molecule has 71 heavy (non-hydrogen) atoms. The largest absolute Gasteiger partial charge is 0.462 e. The van der Waals surface area contributed by atoms with Gasteiger partial charge in [-0.1, -0.05) is 289 Å². The predicted octanol–water partition coefficient (Wildman–Crippen LogP) is 21.4. The Morgan fingerprint density at radius 1 is 0.268 bits per heavy atom. The molecule has 0 aliphatic carbocycles. The zero-order chi connectivity index (χ0) is 51.4. The van der Waals surface area contributed by atoms with Gasteiger partial charge in [-0.15, -0.1) is 0 Å². The van der Waals surface area contributed by atoms with E-state index < -0.39 is 6.10 Å². The van der Waals surface area contributed by atoms with Gasteiger partial charge in [0.15, 0.2) is 6.10 Å². The summed E-state index contributed by atoms with van der Waals surface area (Å²) in [5.74, 6) is -0.852. The Kier molecular flexibility index (Phi) is 58.6. The molecule has 0 rings (SSSR count). The van der Waals surface area contributed by atoms with E-state index in [1.807, 2.05) is 0 Å². The lowest BCUT2D eigenvalue weighted by atomic mass is 10.0. The fourth-order valence-corrected chi connectivity index (χ4v) is 9.61. The second-order valence-electron chi connectivity index (χ2n) is 21.7. The van der Waals surface area contributed by atoms with Crippen LogP contribution in [0.2, 0.25) is 0 Å². The highest BCUT2D eigenvalue weighted by Gasteiger charge is 2.19. The van der Waals surface area contributed by atoms with Gasteiger partial charge in [0.25, 0.3) is 0 Å². The van der Waals surface area contributed by atoms with Crippen LogP contribution in [0.5, 0.6) is 0 Å². The highest BCUT2D eigenvalue weighted by atomic mass is 16.6. The lowest BCUT2D eigenvalue weighted by Crippen LogP contribution is -2.30. The third kappa shape index (κ3) is 58.7. The van der Waals surface area contributed by atoms with Crippen LogP contribution in [-0.2, 0) is 28.6 Å². The maximum absolute atomic E-state index is 12.9. The first-order valence-electron chi connectivity index (χ1n) is 31.8. The quantitative estimate of drug-likeness (QED) is 0.0261. The van der Waals surface area contributed by atoms with Crippen molar-refractivity contribution < 1.29 is 28.6 Å². The Morgan fingerprint density at radius 2 is 0.465 bits per heavy atom. The molecule has 0 spiro atoms. The molecular formula is C65H122O6. The predicted molar refractivity (Wildman–Crippen MR) is 307 cm³/mol. The molecule has 0 aromatic carbocycles. The van der Waals surface area contributed by atoms with E-state index in [4.69, 9.17) is 14.2 Å². The highest BCUT2D eigenvalue weighted by Crippen LogP contribution is 2.17. The molecule has 0 aliphatic rings. The van der Waals surface area contributed by atoms with Crippen LogP contribution in [0.1, 0.15) is 355 Å². The molecule has 0 unspecified atom stereocenters. The Bertz CT molecular complexity index is 1150. The van der Waals surface area contributed by atoms with Crippen molar-refractivity contribution in [1.29, 1.82) is 0 Å². The van der Waals surface area contributed by atoms with Crippen LogP contribution in [0.25, 0.3) is 0 Å². The Labute approximate surface area is 443 Å². The van der Waals surface area contributed by atoms with E-state index in [0.29, 0.717) is 19.3 Å². The summed E-state index contributed by atoms with van der Waals surface area (Å²) < 4.78 is 16.9. The topological polar surface area (TPSA) is 78.9 Å². The molecule has 1 atom stereocenters. The van der Waals surface area contributed by atoms with Gasteiger partial charge in [0, 0.05) is 19.3 Å². The first-order valence-corrected chi connectivity index (χ1v) is 31.8. The van der Waals surface area contributed by atoms with Crippen molar-refractivity contribution >= 4 is 17.9 Å². The van der Waals surface area contributed by atoms with Crippen molar-refractivity contribution in [1.82, 2.24) is 0 Å². The normalized spacial score (nSPS) is 12.1. The standard InChI is InChI=1S/C65H122O6/c1-4-7-10-13-16-19-22-25-28-31-32-35-37-40-43-46-49-52-55-58-64(67)70-61-62(71-65(68)59-56-53-50-47-44-41-38-34-30-27-24-21-18-15-12-9-6-3)60-69-63(66)57-54-51-48-45-42-39-36-33-29-26-23-20-17-14-11-8-5-2/h26-27,29-30,62H,4-25,28,31-61H2,1-3H3/b29-26-,30-27-/t62-/m1/s1. The zero-order valence-electron chi connectivity index (χ0n) is 48.0. The van der Waals surface area contributed by atoms with E-state index in [2.05, 4.69) is 45.1 Å². The monoisotopic (exact) mass is 999 g/mol. The summed E-state index contributed by atoms with van der Waals surface area (Å²) in [6, 6.07) is 0. The molecule has 0 amide bonds. The minimum Gasteiger partial charge on any atom is -0.462 e. The van der Waals surface area contributed by atoms with Crippen LogP contribution in [0.3, 0.4) is 0 Å². The van der Waals surface area contributed by atoms with Crippen LogP contribution in [0.15, 0.2) is 24.3 Å². The first-order chi connectivity index (χ1) is 35.0. The molecule has 0 saturated heterocycles. The van der Waals surface area contributed by atoms with Crippen molar-refractivity contribution in [2.45, 2.75) is 361 Å². The zero-order valence-corrected chi connectivity index (χ0v) is 48.0. The highest BCUT2D eigenvalue weighted by molar-refractivity contribution is 5.71. The van der Waals surface area contributed by atoms with Gasteiger partial charge in [-0.05, 0) is 70.6 Å². The van der Waals surface area contributed by atoms with Crippen molar-refractivity contribution in [2.75, 3.05) is 13.2 Å². The first kappa shape index (κ1) is 68.9. The summed E-state index contributed by atoms with van der Waals surface area (Å²) in [5, 5.41) is 0. The Balaban J connectivity index is 4.32. The summed E-state index contributed by atoms with van der Waals surface area (Å²) in [7, 11) is 0. The van der Waals surface area contributed by atoms with Crippen LogP contribution in [0, 0.1) is 0 Å². The van der Waals surface area contributed by atoms with Gasteiger partial charge < -0.3 is 14.2 Å². The number of esters is 3. The fourth-order valence-electron chi connectivity index (χ4n) is 9.61. The average Bonchev–Trinajstić information content (AvgIpc) is 3.37. The molecule has 6 heteroatoms. The number of carbonyl (C=O) groups is 3. The summed E-state index contributed by atoms with van der Waals surface area (Å²) in [4.78, 5) is 38.3. The number of unbranched alkanes of at least 4 members (excludes halogenated alkanes) is 44. The molecule has 6 nitrogen and oxygen atoms in total. The molecule has 418 valence electrons. The van der Waals surface area contributed by atoms with Gasteiger partial charge in [-0.2, -0.15) is 0 Å². The minimum absolute atomic E-state index is 0.0693. The van der Waals surface area contributed by atoms with Crippen molar-refractivity contribution in [3.05, 3.63) is 24.3 Å². The summed E-state index contributed by atoms with van der Waals surface area (Å²) in [6.45, 7) is 6.69. The van der Waals surface area contributed by atoms with Gasteiger partial charge in [-0.25, -0.2) is 0 Å². The van der Waals surface area contributed by atoms with Crippen LogP contribution < -0.4 is 0 Å². The van der Waals surface area contributed by atoms with Crippen molar-refractivity contribution in [2.24, 2.45) is 0 Å². The number of ether oxygens (including phenoxy) is 3. The van der Waals surface area contributed by atoms with E-state index >= 15 is 0 Å². The fraction of sp³-hybridized carbons (Fsp3) is 0.892. The van der Waals surface area contributed by atoms with Gasteiger partial charge in [-0.3, -0.25) is 14.4 Å².